The Hall–Kier alpha value is -1.81. The maximum Gasteiger partial charge on any atom is 0.303 e. The molecule has 0 fully saturated rings. The van der Waals surface area contributed by atoms with Crippen LogP contribution in [0.2, 0.25) is 5.02 Å². The van der Waals surface area contributed by atoms with Gasteiger partial charge in [0, 0.05) is 17.0 Å². The van der Waals surface area contributed by atoms with Crippen molar-refractivity contribution in [1.82, 2.24) is 4.98 Å². The minimum atomic E-state index is -0.868. The van der Waals surface area contributed by atoms with Crippen molar-refractivity contribution in [2.75, 3.05) is 0 Å². The Labute approximate surface area is 103 Å². The summed E-state index contributed by atoms with van der Waals surface area (Å²) < 4.78 is 5.44. The number of carboxylic acid groups (broad SMARTS) is 1. The molecule has 2 rings (SSSR count). The molecule has 0 bridgehead atoms. The van der Waals surface area contributed by atoms with E-state index in [0.717, 1.165) is 5.56 Å². The summed E-state index contributed by atoms with van der Waals surface area (Å²) in [6, 6.07) is 7.21. The number of carboxylic acids is 1. The van der Waals surface area contributed by atoms with Crippen LogP contribution >= 0.6 is 11.6 Å². The molecule has 17 heavy (non-hydrogen) atoms. The van der Waals surface area contributed by atoms with Gasteiger partial charge in [-0.1, -0.05) is 23.7 Å². The van der Waals surface area contributed by atoms with E-state index in [4.69, 9.17) is 21.1 Å². The molecule has 1 aromatic heterocycles. The zero-order valence-electron chi connectivity index (χ0n) is 8.89. The van der Waals surface area contributed by atoms with Gasteiger partial charge in [0.05, 0.1) is 12.6 Å². The maximum absolute atomic E-state index is 10.4. The first-order chi connectivity index (χ1) is 8.15. The number of oxazole rings is 1. The molecule has 1 heterocycles. The highest BCUT2D eigenvalue weighted by atomic mass is 35.5. The molecule has 0 saturated carbocycles. The third-order valence-electron chi connectivity index (χ3n) is 2.22. The molecule has 0 spiro atoms. The number of hydrogen-bond acceptors (Lipinski definition) is 3. The smallest absolute Gasteiger partial charge is 0.303 e. The molecule has 0 aliphatic carbocycles. The molecular formula is C12H10ClNO3. The summed E-state index contributed by atoms with van der Waals surface area (Å²) in [4.78, 5) is 14.4. The Morgan fingerprint density at radius 3 is 3.00 bits per heavy atom. The fourth-order valence-corrected chi connectivity index (χ4v) is 1.61. The number of rotatable bonds is 4. The van der Waals surface area contributed by atoms with E-state index in [2.05, 4.69) is 4.98 Å². The zero-order chi connectivity index (χ0) is 12.3. The fourth-order valence-electron chi connectivity index (χ4n) is 1.41. The molecule has 1 aromatic carbocycles. The second kappa shape index (κ2) is 5.01. The van der Waals surface area contributed by atoms with E-state index < -0.39 is 5.97 Å². The SMILES string of the molecule is O=C(O)CCc1ncc(-c2cccc(Cl)c2)o1. The van der Waals surface area contributed by atoms with E-state index in [1.165, 1.54) is 0 Å². The van der Waals surface area contributed by atoms with Crippen LogP contribution in [0.1, 0.15) is 12.3 Å². The predicted molar refractivity (Wildman–Crippen MR) is 62.9 cm³/mol. The van der Waals surface area contributed by atoms with Crippen molar-refractivity contribution in [3.8, 4) is 11.3 Å². The van der Waals surface area contributed by atoms with Crippen LogP contribution in [0.3, 0.4) is 0 Å². The molecule has 0 saturated heterocycles. The van der Waals surface area contributed by atoms with Crippen molar-refractivity contribution in [3.63, 3.8) is 0 Å². The highest BCUT2D eigenvalue weighted by molar-refractivity contribution is 6.30. The lowest BCUT2D eigenvalue weighted by Gasteiger charge is -1.96. The third-order valence-corrected chi connectivity index (χ3v) is 2.45. The van der Waals surface area contributed by atoms with Gasteiger partial charge >= 0.3 is 5.97 Å². The average Bonchev–Trinajstić information content (AvgIpc) is 2.75. The van der Waals surface area contributed by atoms with Crippen LogP contribution < -0.4 is 0 Å². The molecule has 88 valence electrons. The van der Waals surface area contributed by atoms with Crippen LogP contribution in [-0.2, 0) is 11.2 Å². The van der Waals surface area contributed by atoms with Crippen molar-refractivity contribution < 1.29 is 14.3 Å². The van der Waals surface area contributed by atoms with Gasteiger partial charge in [0.1, 0.15) is 0 Å². The van der Waals surface area contributed by atoms with Crippen molar-refractivity contribution in [1.29, 1.82) is 0 Å². The van der Waals surface area contributed by atoms with Gasteiger partial charge in [-0.2, -0.15) is 0 Å². The van der Waals surface area contributed by atoms with Gasteiger partial charge in [-0.15, -0.1) is 0 Å². The van der Waals surface area contributed by atoms with Crippen LogP contribution in [0.5, 0.6) is 0 Å². The molecule has 0 unspecified atom stereocenters. The number of aliphatic carboxylic acids is 1. The number of hydrogen-bond donors (Lipinski definition) is 1. The lowest BCUT2D eigenvalue weighted by atomic mass is 10.2. The molecule has 2 aromatic rings. The van der Waals surface area contributed by atoms with Gasteiger partial charge in [-0.3, -0.25) is 4.79 Å². The first kappa shape index (κ1) is 11.7. The van der Waals surface area contributed by atoms with E-state index >= 15 is 0 Å². The summed E-state index contributed by atoms with van der Waals surface area (Å²) in [5.74, 6) is 0.141. The molecule has 0 amide bonds. The monoisotopic (exact) mass is 251 g/mol. The summed E-state index contributed by atoms with van der Waals surface area (Å²) in [5, 5.41) is 9.16. The van der Waals surface area contributed by atoms with E-state index in [1.54, 1.807) is 18.3 Å². The molecule has 0 radical (unpaired) electrons. The Bertz CT molecular complexity index is 536. The number of benzene rings is 1. The lowest BCUT2D eigenvalue weighted by Crippen LogP contribution is -1.97. The topological polar surface area (TPSA) is 63.3 Å². The Balaban J connectivity index is 2.15. The van der Waals surface area contributed by atoms with Crippen molar-refractivity contribution >= 4 is 17.6 Å². The second-order valence-electron chi connectivity index (χ2n) is 3.52. The van der Waals surface area contributed by atoms with Gasteiger partial charge in [0.15, 0.2) is 11.7 Å². The number of aryl methyl sites for hydroxylation is 1. The van der Waals surface area contributed by atoms with Crippen LogP contribution in [0.15, 0.2) is 34.9 Å². The lowest BCUT2D eigenvalue weighted by molar-refractivity contribution is -0.137. The van der Waals surface area contributed by atoms with Crippen molar-refractivity contribution in [2.45, 2.75) is 12.8 Å². The maximum atomic E-state index is 10.4. The Morgan fingerprint density at radius 2 is 2.29 bits per heavy atom. The largest absolute Gasteiger partial charge is 0.481 e. The second-order valence-corrected chi connectivity index (χ2v) is 3.96. The summed E-state index contributed by atoms with van der Waals surface area (Å²) in [6.45, 7) is 0. The average molecular weight is 252 g/mol. The molecule has 5 heteroatoms. The van der Waals surface area contributed by atoms with Gasteiger partial charge in [-0.25, -0.2) is 4.98 Å². The van der Waals surface area contributed by atoms with Crippen molar-refractivity contribution in [3.05, 3.63) is 41.4 Å². The molecule has 0 aliphatic rings. The van der Waals surface area contributed by atoms with Crippen LogP contribution in [0.25, 0.3) is 11.3 Å². The van der Waals surface area contributed by atoms with Crippen LogP contribution in [-0.4, -0.2) is 16.1 Å². The highest BCUT2D eigenvalue weighted by Gasteiger charge is 2.08. The molecule has 0 atom stereocenters. The van der Waals surface area contributed by atoms with Crippen molar-refractivity contribution in [2.24, 2.45) is 0 Å². The summed E-state index contributed by atoms with van der Waals surface area (Å²) in [7, 11) is 0. The first-order valence-corrected chi connectivity index (χ1v) is 5.45. The standard InChI is InChI=1S/C12H10ClNO3/c13-9-3-1-2-8(6-9)10-7-14-11(17-10)4-5-12(15)16/h1-3,6-7H,4-5H2,(H,15,16). The number of halogens is 1. The first-order valence-electron chi connectivity index (χ1n) is 5.07. The molecule has 4 nitrogen and oxygen atoms in total. The minimum Gasteiger partial charge on any atom is -0.481 e. The van der Waals surface area contributed by atoms with Crippen LogP contribution in [0, 0.1) is 0 Å². The number of nitrogens with zero attached hydrogens (tertiary/aromatic N) is 1. The molecule has 1 N–H and O–H groups in total. The van der Waals surface area contributed by atoms with Crippen LogP contribution in [0.4, 0.5) is 0 Å². The normalized spacial score (nSPS) is 10.4. The van der Waals surface area contributed by atoms with Gasteiger partial charge in [-0.05, 0) is 12.1 Å². The minimum absolute atomic E-state index is 0.00942. The predicted octanol–water partition coefficient (Wildman–Crippen LogP) is 3.01. The summed E-state index contributed by atoms with van der Waals surface area (Å²) in [5.41, 5.74) is 0.826. The van der Waals surface area contributed by atoms with Gasteiger partial charge in [0.25, 0.3) is 0 Å². The Morgan fingerprint density at radius 1 is 1.47 bits per heavy atom. The van der Waals surface area contributed by atoms with Gasteiger partial charge < -0.3 is 9.52 Å². The van der Waals surface area contributed by atoms with E-state index in [1.807, 2.05) is 12.1 Å². The summed E-state index contributed by atoms with van der Waals surface area (Å²) in [6.07, 6.45) is 1.87. The van der Waals surface area contributed by atoms with E-state index in [0.29, 0.717) is 16.7 Å². The molecular weight excluding hydrogens is 242 g/mol. The summed E-state index contributed by atoms with van der Waals surface area (Å²) >= 11 is 5.86. The molecule has 0 aliphatic heterocycles. The Kier molecular flexibility index (Phi) is 3.44. The highest BCUT2D eigenvalue weighted by Crippen LogP contribution is 2.23. The number of aromatic nitrogens is 1. The quantitative estimate of drug-likeness (QED) is 0.907. The fraction of sp³-hybridized carbons (Fsp3) is 0.167. The van der Waals surface area contributed by atoms with Gasteiger partial charge in [0.2, 0.25) is 0 Å². The van der Waals surface area contributed by atoms with E-state index in [-0.39, 0.29) is 12.8 Å². The van der Waals surface area contributed by atoms with E-state index in [9.17, 15) is 4.79 Å². The third kappa shape index (κ3) is 3.07. The number of carbonyl (C=O) groups is 1. The zero-order valence-corrected chi connectivity index (χ0v) is 9.65.